The van der Waals surface area contributed by atoms with Gasteiger partial charge in [0.1, 0.15) is 5.69 Å². The molecule has 2 rings (SSSR count). The maximum Gasteiger partial charge on any atom is 0.178 e. The molecule has 0 atom stereocenters. The highest BCUT2D eigenvalue weighted by molar-refractivity contribution is 5.49. The van der Waals surface area contributed by atoms with Crippen LogP contribution in [0.3, 0.4) is 0 Å². The first-order valence-electron chi connectivity index (χ1n) is 3.85. The first-order valence-corrected chi connectivity index (χ1v) is 3.85. The molecule has 13 heavy (non-hydrogen) atoms. The molecule has 2 N–H and O–H groups in total. The third-order valence-electron chi connectivity index (χ3n) is 1.57. The molecule has 0 spiro atoms. The third kappa shape index (κ3) is 1.61. The Balaban J connectivity index is 2.42. The minimum absolute atomic E-state index is 0.555. The van der Waals surface area contributed by atoms with E-state index in [9.17, 15) is 0 Å². The van der Waals surface area contributed by atoms with E-state index in [2.05, 4.69) is 15.0 Å². The van der Waals surface area contributed by atoms with E-state index in [-0.39, 0.29) is 0 Å². The predicted molar refractivity (Wildman–Crippen MR) is 49.7 cm³/mol. The summed E-state index contributed by atoms with van der Waals surface area (Å²) < 4.78 is 0. The van der Waals surface area contributed by atoms with Crippen molar-refractivity contribution < 1.29 is 0 Å². The molecule has 4 nitrogen and oxygen atoms in total. The van der Waals surface area contributed by atoms with Crippen molar-refractivity contribution in [2.75, 3.05) is 5.73 Å². The number of pyridine rings is 1. The topological polar surface area (TPSA) is 64.7 Å². The van der Waals surface area contributed by atoms with Crippen molar-refractivity contribution in [2.24, 2.45) is 0 Å². The Hall–Kier alpha value is -1.97. The fraction of sp³-hybridized carbons (Fsp3) is 0. The van der Waals surface area contributed by atoms with Crippen molar-refractivity contribution in [3.8, 4) is 11.5 Å². The van der Waals surface area contributed by atoms with Crippen LogP contribution in [0.25, 0.3) is 11.5 Å². The number of aromatic nitrogens is 3. The second-order valence-corrected chi connectivity index (χ2v) is 2.55. The molecule has 4 heteroatoms. The SMILES string of the molecule is Nc1cnc(-c2ccccn2)nc1. The number of rotatable bonds is 1. The molecule has 2 aromatic heterocycles. The van der Waals surface area contributed by atoms with Crippen molar-refractivity contribution in [2.45, 2.75) is 0 Å². The molecular formula is C9H8N4. The van der Waals surface area contributed by atoms with Gasteiger partial charge in [0.15, 0.2) is 5.82 Å². The predicted octanol–water partition coefficient (Wildman–Crippen LogP) is 1.12. The van der Waals surface area contributed by atoms with Gasteiger partial charge in [-0.15, -0.1) is 0 Å². The van der Waals surface area contributed by atoms with E-state index in [1.165, 1.54) is 0 Å². The van der Waals surface area contributed by atoms with E-state index in [1.807, 2.05) is 18.2 Å². The van der Waals surface area contributed by atoms with Crippen molar-refractivity contribution in [1.82, 2.24) is 15.0 Å². The number of hydrogen-bond donors (Lipinski definition) is 1. The van der Waals surface area contributed by atoms with E-state index in [0.29, 0.717) is 11.5 Å². The lowest BCUT2D eigenvalue weighted by atomic mass is 10.3. The van der Waals surface area contributed by atoms with E-state index < -0.39 is 0 Å². The Kier molecular flexibility index (Phi) is 1.88. The highest BCUT2D eigenvalue weighted by Crippen LogP contribution is 2.09. The van der Waals surface area contributed by atoms with Crippen LogP contribution in [-0.4, -0.2) is 15.0 Å². The molecule has 0 aliphatic heterocycles. The molecule has 0 aliphatic rings. The van der Waals surface area contributed by atoms with E-state index in [0.717, 1.165) is 5.69 Å². The molecule has 0 unspecified atom stereocenters. The quantitative estimate of drug-likeness (QED) is 0.700. The van der Waals surface area contributed by atoms with E-state index in [1.54, 1.807) is 18.6 Å². The Morgan fingerprint density at radius 1 is 1.00 bits per heavy atom. The summed E-state index contributed by atoms with van der Waals surface area (Å²) >= 11 is 0. The van der Waals surface area contributed by atoms with Crippen molar-refractivity contribution in [3.63, 3.8) is 0 Å². The average Bonchev–Trinajstić information content (AvgIpc) is 2.20. The molecule has 2 heterocycles. The van der Waals surface area contributed by atoms with Crippen molar-refractivity contribution in [1.29, 1.82) is 0 Å². The zero-order valence-electron chi connectivity index (χ0n) is 6.88. The van der Waals surface area contributed by atoms with Crippen LogP contribution in [0.5, 0.6) is 0 Å². The van der Waals surface area contributed by atoms with Gasteiger partial charge in [0.25, 0.3) is 0 Å². The zero-order chi connectivity index (χ0) is 9.10. The minimum atomic E-state index is 0.555. The molecule has 0 aromatic carbocycles. The first kappa shape index (κ1) is 7.67. The van der Waals surface area contributed by atoms with Gasteiger partial charge in [-0.2, -0.15) is 0 Å². The van der Waals surface area contributed by atoms with Crippen LogP contribution in [0.4, 0.5) is 5.69 Å². The Morgan fingerprint density at radius 3 is 2.38 bits per heavy atom. The molecule has 0 fully saturated rings. The number of nitrogens with zero attached hydrogens (tertiary/aromatic N) is 3. The van der Waals surface area contributed by atoms with Crippen LogP contribution < -0.4 is 5.73 Å². The standard InChI is InChI=1S/C9H8N4/c10-7-5-12-9(13-6-7)8-3-1-2-4-11-8/h1-6H,10H2. The smallest absolute Gasteiger partial charge is 0.178 e. The van der Waals surface area contributed by atoms with E-state index in [4.69, 9.17) is 5.73 Å². The largest absolute Gasteiger partial charge is 0.396 e. The summed E-state index contributed by atoms with van der Waals surface area (Å²) in [6.45, 7) is 0. The maximum absolute atomic E-state index is 5.46. The van der Waals surface area contributed by atoms with Crippen molar-refractivity contribution >= 4 is 5.69 Å². The molecule has 0 amide bonds. The summed E-state index contributed by atoms with van der Waals surface area (Å²) in [5, 5.41) is 0. The van der Waals surface area contributed by atoms with Gasteiger partial charge in [-0.05, 0) is 12.1 Å². The average molecular weight is 172 g/mol. The molecule has 0 saturated carbocycles. The van der Waals surface area contributed by atoms with Gasteiger partial charge >= 0.3 is 0 Å². The first-order chi connectivity index (χ1) is 6.36. The second-order valence-electron chi connectivity index (χ2n) is 2.55. The third-order valence-corrected chi connectivity index (χ3v) is 1.57. The fourth-order valence-electron chi connectivity index (χ4n) is 0.965. The summed E-state index contributed by atoms with van der Waals surface area (Å²) in [5.74, 6) is 0.592. The monoisotopic (exact) mass is 172 g/mol. The summed E-state index contributed by atoms with van der Waals surface area (Å²) in [6, 6.07) is 5.59. The lowest BCUT2D eigenvalue weighted by molar-refractivity contribution is 1.14. The van der Waals surface area contributed by atoms with Crippen molar-refractivity contribution in [3.05, 3.63) is 36.8 Å². The maximum atomic E-state index is 5.46. The fourth-order valence-corrected chi connectivity index (χ4v) is 0.965. The van der Waals surface area contributed by atoms with E-state index >= 15 is 0 Å². The van der Waals surface area contributed by atoms with Crippen LogP contribution in [0, 0.1) is 0 Å². The number of nitrogens with two attached hydrogens (primary N) is 1. The van der Waals surface area contributed by atoms with Gasteiger partial charge in [-0.25, -0.2) is 9.97 Å². The van der Waals surface area contributed by atoms with Gasteiger partial charge in [-0.1, -0.05) is 6.07 Å². The van der Waals surface area contributed by atoms with Gasteiger partial charge < -0.3 is 5.73 Å². The van der Waals surface area contributed by atoms with Crippen LogP contribution in [0.1, 0.15) is 0 Å². The highest BCUT2D eigenvalue weighted by Gasteiger charge is 1.99. The van der Waals surface area contributed by atoms with Crippen LogP contribution in [0.2, 0.25) is 0 Å². The molecule has 0 saturated heterocycles. The molecule has 2 aromatic rings. The zero-order valence-corrected chi connectivity index (χ0v) is 6.88. The molecule has 64 valence electrons. The van der Waals surface area contributed by atoms with Gasteiger partial charge in [-0.3, -0.25) is 4.98 Å². The summed E-state index contributed by atoms with van der Waals surface area (Å²) in [5.41, 5.74) is 6.77. The van der Waals surface area contributed by atoms with Crippen LogP contribution >= 0.6 is 0 Å². The minimum Gasteiger partial charge on any atom is -0.396 e. The molecule has 0 radical (unpaired) electrons. The highest BCUT2D eigenvalue weighted by atomic mass is 14.9. The molecule has 0 bridgehead atoms. The molecule has 0 aliphatic carbocycles. The number of anilines is 1. The lowest BCUT2D eigenvalue weighted by Gasteiger charge is -1.97. The normalized spacial score (nSPS) is 9.85. The summed E-state index contributed by atoms with van der Waals surface area (Å²) in [6.07, 6.45) is 4.84. The molecular weight excluding hydrogens is 164 g/mol. The Labute approximate surface area is 75.5 Å². The van der Waals surface area contributed by atoms with Gasteiger partial charge in [0, 0.05) is 6.20 Å². The Morgan fingerprint density at radius 2 is 1.77 bits per heavy atom. The Bertz CT molecular complexity index is 382. The number of nitrogen functional groups attached to an aromatic ring is 1. The van der Waals surface area contributed by atoms with Crippen LogP contribution in [-0.2, 0) is 0 Å². The summed E-state index contributed by atoms with van der Waals surface area (Å²) in [7, 11) is 0. The second kappa shape index (κ2) is 3.18. The number of hydrogen-bond acceptors (Lipinski definition) is 4. The lowest BCUT2D eigenvalue weighted by Crippen LogP contribution is -1.93. The van der Waals surface area contributed by atoms with Gasteiger partial charge in [0.2, 0.25) is 0 Å². The van der Waals surface area contributed by atoms with Crippen LogP contribution in [0.15, 0.2) is 36.8 Å². The van der Waals surface area contributed by atoms with Gasteiger partial charge in [0.05, 0.1) is 18.1 Å². The summed E-state index contributed by atoms with van der Waals surface area (Å²) in [4.78, 5) is 12.2.